The Kier molecular flexibility index (Phi) is 4.73. The third-order valence-corrected chi connectivity index (χ3v) is 5.00. The third kappa shape index (κ3) is 3.31. The SMILES string of the molecule is CNc1cc(C)nc(NC2=CC(c3[nH]c4cnccc4c3C)=C(OC)CC2)n1. The Bertz CT molecular complexity index is 1100. The van der Waals surface area contributed by atoms with Crippen LogP contribution in [0.1, 0.15) is 29.8 Å². The summed E-state index contributed by atoms with van der Waals surface area (Å²) in [6, 6.07) is 3.94. The van der Waals surface area contributed by atoms with Gasteiger partial charge in [-0.1, -0.05) is 0 Å². The first-order valence-electron chi connectivity index (χ1n) is 9.30. The molecule has 3 aromatic heterocycles. The highest BCUT2D eigenvalue weighted by atomic mass is 16.5. The topological polar surface area (TPSA) is 87.8 Å². The van der Waals surface area contributed by atoms with Crippen LogP contribution in [0.3, 0.4) is 0 Å². The second-order valence-electron chi connectivity index (χ2n) is 6.85. The van der Waals surface area contributed by atoms with Crippen molar-refractivity contribution in [2.24, 2.45) is 0 Å². The highest BCUT2D eigenvalue weighted by Gasteiger charge is 2.20. The zero-order chi connectivity index (χ0) is 19.7. The van der Waals surface area contributed by atoms with Gasteiger partial charge in [-0.15, -0.1) is 0 Å². The number of aryl methyl sites for hydroxylation is 2. The van der Waals surface area contributed by atoms with Gasteiger partial charge in [-0.2, -0.15) is 4.98 Å². The Morgan fingerprint density at radius 1 is 1.18 bits per heavy atom. The molecule has 0 aromatic carbocycles. The standard InChI is InChI=1S/C21H24N6O/c1-12-9-19(22-3)27-21(24-12)25-14-5-6-18(28-4)16(10-14)20-13(2)15-7-8-23-11-17(15)26-20/h7-11,26H,5-6H2,1-4H3,(H2,22,24,25,27). The van der Waals surface area contributed by atoms with Gasteiger partial charge in [-0.05, 0) is 38.0 Å². The van der Waals surface area contributed by atoms with Gasteiger partial charge >= 0.3 is 0 Å². The number of ether oxygens (including phenoxy) is 1. The van der Waals surface area contributed by atoms with Crippen LogP contribution in [0.4, 0.5) is 11.8 Å². The van der Waals surface area contributed by atoms with Crippen LogP contribution in [0.15, 0.2) is 42.1 Å². The van der Waals surface area contributed by atoms with Crippen molar-refractivity contribution in [1.29, 1.82) is 0 Å². The average Bonchev–Trinajstić information content (AvgIpc) is 3.04. The summed E-state index contributed by atoms with van der Waals surface area (Å²) < 4.78 is 5.69. The fourth-order valence-corrected chi connectivity index (χ4v) is 3.58. The first-order chi connectivity index (χ1) is 13.6. The number of aromatic nitrogens is 4. The van der Waals surface area contributed by atoms with Gasteiger partial charge in [0.15, 0.2) is 0 Å². The Hall–Kier alpha value is -3.35. The predicted molar refractivity (Wildman–Crippen MR) is 112 cm³/mol. The Morgan fingerprint density at radius 2 is 2.04 bits per heavy atom. The lowest BCUT2D eigenvalue weighted by Crippen LogP contribution is -2.11. The molecule has 0 atom stereocenters. The number of fused-ring (bicyclic) bond motifs is 1. The molecule has 0 saturated heterocycles. The molecule has 0 fully saturated rings. The molecule has 7 nitrogen and oxygen atoms in total. The summed E-state index contributed by atoms with van der Waals surface area (Å²) in [6.07, 6.45) is 7.43. The summed E-state index contributed by atoms with van der Waals surface area (Å²) >= 11 is 0. The molecule has 1 aliphatic rings. The first kappa shape index (κ1) is 18.0. The molecular weight excluding hydrogens is 352 g/mol. The van der Waals surface area contributed by atoms with Gasteiger partial charge in [0, 0.05) is 48.1 Å². The number of aromatic amines is 1. The first-order valence-corrected chi connectivity index (χ1v) is 9.30. The van der Waals surface area contributed by atoms with E-state index < -0.39 is 0 Å². The van der Waals surface area contributed by atoms with Crippen LogP contribution in [0.2, 0.25) is 0 Å². The summed E-state index contributed by atoms with van der Waals surface area (Å²) in [4.78, 5) is 16.7. The van der Waals surface area contributed by atoms with Crippen LogP contribution in [0, 0.1) is 13.8 Å². The lowest BCUT2D eigenvalue weighted by Gasteiger charge is -2.20. The van der Waals surface area contributed by atoms with Crippen LogP contribution >= 0.6 is 0 Å². The molecule has 0 radical (unpaired) electrons. The maximum Gasteiger partial charge on any atom is 0.229 e. The fourth-order valence-electron chi connectivity index (χ4n) is 3.58. The number of anilines is 2. The Labute approximate surface area is 164 Å². The predicted octanol–water partition coefficient (Wildman–Crippen LogP) is 4.16. The number of hydrogen-bond donors (Lipinski definition) is 3. The highest BCUT2D eigenvalue weighted by Crippen LogP contribution is 2.35. The van der Waals surface area contributed by atoms with Gasteiger partial charge in [0.1, 0.15) is 11.6 Å². The molecule has 3 N–H and O–H groups in total. The number of rotatable bonds is 5. The van der Waals surface area contributed by atoms with Gasteiger partial charge in [-0.25, -0.2) is 4.98 Å². The van der Waals surface area contributed by atoms with E-state index in [0.717, 1.165) is 52.6 Å². The smallest absolute Gasteiger partial charge is 0.229 e. The molecule has 0 amide bonds. The summed E-state index contributed by atoms with van der Waals surface area (Å²) in [5.41, 5.74) is 6.27. The van der Waals surface area contributed by atoms with Crippen LogP contribution in [0.25, 0.3) is 16.5 Å². The van der Waals surface area contributed by atoms with Crippen LogP contribution in [-0.2, 0) is 4.74 Å². The molecule has 7 heteroatoms. The number of H-pyrrole nitrogens is 1. The monoisotopic (exact) mass is 376 g/mol. The molecular formula is C21H24N6O. The van der Waals surface area contributed by atoms with E-state index in [1.807, 2.05) is 38.5 Å². The fraction of sp³-hybridized carbons (Fsp3) is 0.286. The normalized spacial score (nSPS) is 14.2. The zero-order valence-electron chi connectivity index (χ0n) is 16.6. The number of pyridine rings is 1. The van der Waals surface area contributed by atoms with Crippen LogP contribution in [-0.4, -0.2) is 34.1 Å². The molecule has 0 unspecified atom stereocenters. The highest BCUT2D eigenvalue weighted by molar-refractivity contribution is 5.91. The van der Waals surface area contributed by atoms with Crippen molar-refractivity contribution in [2.45, 2.75) is 26.7 Å². The average molecular weight is 376 g/mol. The van der Waals surface area contributed by atoms with E-state index >= 15 is 0 Å². The lowest BCUT2D eigenvalue weighted by atomic mass is 9.97. The van der Waals surface area contributed by atoms with E-state index in [2.05, 4.69) is 43.6 Å². The van der Waals surface area contributed by atoms with Crippen LogP contribution in [0.5, 0.6) is 0 Å². The van der Waals surface area contributed by atoms with E-state index in [-0.39, 0.29) is 0 Å². The molecule has 4 rings (SSSR count). The maximum absolute atomic E-state index is 5.69. The minimum absolute atomic E-state index is 0.591. The molecule has 0 saturated carbocycles. The molecule has 28 heavy (non-hydrogen) atoms. The van der Waals surface area contributed by atoms with Crippen molar-refractivity contribution in [3.05, 3.63) is 59.0 Å². The summed E-state index contributed by atoms with van der Waals surface area (Å²) in [5, 5.41) is 7.61. The lowest BCUT2D eigenvalue weighted by molar-refractivity contribution is 0.278. The van der Waals surface area contributed by atoms with Crippen molar-refractivity contribution in [1.82, 2.24) is 19.9 Å². The van der Waals surface area contributed by atoms with Crippen LogP contribution < -0.4 is 10.6 Å². The molecule has 1 aliphatic carbocycles. The number of hydrogen-bond acceptors (Lipinski definition) is 6. The molecule has 3 heterocycles. The van der Waals surface area contributed by atoms with Crippen molar-refractivity contribution in [2.75, 3.05) is 24.8 Å². The summed E-state index contributed by atoms with van der Waals surface area (Å²) in [5.74, 6) is 2.35. The largest absolute Gasteiger partial charge is 0.500 e. The number of nitrogens with zero attached hydrogens (tertiary/aromatic N) is 3. The van der Waals surface area contributed by atoms with E-state index in [9.17, 15) is 0 Å². The second-order valence-corrected chi connectivity index (χ2v) is 6.85. The van der Waals surface area contributed by atoms with E-state index in [1.165, 1.54) is 10.9 Å². The van der Waals surface area contributed by atoms with Gasteiger partial charge in [-0.3, -0.25) is 4.98 Å². The molecule has 0 aliphatic heterocycles. The molecule has 0 spiro atoms. The Morgan fingerprint density at radius 3 is 2.79 bits per heavy atom. The van der Waals surface area contributed by atoms with Gasteiger partial charge in [0.2, 0.25) is 5.95 Å². The number of methoxy groups -OCH3 is 1. The molecule has 144 valence electrons. The quantitative estimate of drug-likeness (QED) is 0.620. The van der Waals surface area contributed by atoms with Crippen molar-refractivity contribution >= 4 is 28.2 Å². The van der Waals surface area contributed by atoms with Gasteiger partial charge < -0.3 is 20.4 Å². The minimum atomic E-state index is 0.591. The third-order valence-electron chi connectivity index (χ3n) is 5.00. The Balaban J connectivity index is 1.73. The summed E-state index contributed by atoms with van der Waals surface area (Å²) in [6.45, 7) is 4.08. The van der Waals surface area contributed by atoms with Crippen molar-refractivity contribution in [3.8, 4) is 0 Å². The molecule has 3 aromatic rings. The van der Waals surface area contributed by atoms with E-state index in [0.29, 0.717) is 5.95 Å². The second kappa shape index (κ2) is 7.34. The van der Waals surface area contributed by atoms with Gasteiger partial charge in [0.25, 0.3) is 0 Å². The van der Waals surface area contributed by atoms with E-state index in [4.69, 9.17) is 4.74 Å². The van der Waals surface area contributed by atoms with Crippen molar-refractivity contribution < 1.29 is 4.74 Å². The maximum atomic E-state index is 5.69. The van der Waals surface area contributed by atoms with Gasteiger partial charge in [0.05, 0.1) is 24.5 Å². The minimum Gasteiger partial charge on any atom is -0.500 e. The zero-order valence-corrected chi connectivity index (χ0v) is 16.6. The number of allylic oxidation sites excluding steroid dienone is 4. The molecule has 0 bridgehead atoms. The number of nitrogens with one attached hydrogen (secondary N) is 3. The summed E-state index contributed by atoms with van der Waals surface area (Å²) in [7, 11) is 3.58. The van der Waals surface area contributed by atoms with E-state index in [1.54, 1.807) is 7.11 Å². The van der Waals surface area contributed by atoms with Crippen molar-refractivity contribution in [3.63, 3.8) is 0 Å².